The molecule has 1 aromatic rings. The van der Waals surface area contributed by atoms with E-state index in [1.54, 1.807) is 0 Å². The number of anilines is 1. The van der Waals surface area contributed by atoms with Gasteiger partial charge in [-0.3, -0.25) is 0 Å². The topological polar surface area (TPSA) is 15.7 Å². The maximum absolute atomic E-state index is 5.84. The van der Waals surface area contributed by atoms with E-state index in [2.05, 4.69) is 42.8 Å². The second kappa shape index (κ2) is 5.41. The van der Waals surface area contributed by atoms with Crippen LogP contribution in [0.3, 0.4) is 0 Å². The summed E-state index contributed by atoms with van der Waals surface area (Å²) >= 11 is 0. The van der Waals surface area contributed by atoms with Crippen molar-refractivity contribution in [3.05, 3.63) is 24.3 Å². The SMILES string of the molecule is CC(C)Oc1c[c]ccc1N1CCN(C)CC1. The van der Waals surface area contributed by atoms with Gasteiger partial charge in [0.2, 0.25) is 0 Å². The summed E-state index contributed by atoms with van der Waals surface area (Å²) in [6.45, 7) is 8.46. The van der Waals surface area contributed by atoms with E-state index >= 15 is 0 Å². The molecule has 3 nitrogen and oxygen atoms in total. The van der Waals surface area contributed by atoms with Crippen LogP contribution < -0.4 is 9.64 Å². The van der Waals surface area contributed by atoms with E-state index in [-0.39, 0.29) is 6.10 Å². The van der Waals surface area contributed by atoms with E-state index in [1.807, 2.05) is 12.1 Å². The molecule has 1 saturated heterocycles. The van der Waals surface area contributed by atoms with Crippen molar-refractivity contribution >= 4 is 5.69 Å². The molecule has 0 spiro atoms. The van der Waals surface area contributed by atoms with E-state index in [4.69, 9.17) is 4.74 Å². The molecule has 0 saturated carbocycles. The average molecular weight is 233 g/mol. The standard InChI is InChI=1S/C14H21N2O/c1-12(2)17-14-7-5-4-6-13(14)16-10-8-15(3)9-11-16/h4,6-7,12H,8-11H2,1-3H3. The molecule has 17 heavy (non-hydrogen) atoms. The van der Waals surface area contributed by atoms with Crippen LogP contribution >= 0.6 is 0 Å². The highest BCUT2D eigenvalue weighted by molar-refractivity contribution is 5.58. The van der Waals surface area contributed by atoms with E-state index in [0.717, 1.165) is 31.9 Å². The molecule has 0 bridgehead atoms. The second-order valence-corrected chi connectivity index (χ2v) is 4.85. The van der Waals surface area contributed by atoms with E-state index in [1.165, 1.54) is 5.69 Å². The van der Waals surface area contributed by atoms with Gasteiger partial charge >= 0.3 is 0 Å². The first-order chi connectivity index (χ1) is 8.16. The lowest BCUT2D eigenvalue weighted by Gasteiger charge is -2.35. The fourth-order valence-corrected chi connectivity index (χ4v) is 2.06. The van der Waals surface area contributed by atoms with Gasteiger partial charge in [0.1, 0.15) is 5.75 Å². The smallest absolute Gasteiger partial charge is 0.143 e. The third-order valence-electron chi connectivity index (χ3n) is 3.01. The minimum Gasteiger partial charge on any atom is -0.489 e. The Bertz CT molecular complexity index is 357. The highest BCUT2D eigenvalue weighted by Crippen LogP contribution is 2.29. The Hall–Kier alpha value is -1.22. The highest BCUT2D eigenvalue weighted by Gasteiger charge is 2.17. The van der Waals surface area contributed by atoms with Crippen molar-refractivity contribution in [2.45, 2.75) is 20.0 Å². The fraction of sp³-hybridized carbons (Fsp3) is 0.571. The Balaban J connectivity index is 2.14. The summed E-state index contributed by atoms with van der Waals surface area (Å²) in [5, 5.41) is 0. The van der Waals surface area contributed by atoms with Gasteiger partial charge in [0.25, 0.3) is 0 Å². The van der Waals surface area contributed by atoms with Gasteiger partial charge in [0.05, 0.1) is 11.8 Å². The maximum Gasteiger partial charge on any atom is 0.143 e. The molecule has 0 atom stereocenters. The third kappa shape index (κ3) is 3.13. The molecule has 0 amide bonds. The van der Waals surface area contributed by atoms with E-state index < -0.39 is 0 Å². The molecule has 93 valence electrons. The van der Waals surface area contributed by atoms with Crippen molar-refractivity contribution in [1.29, 1.82) is 0 Å². The van der Waals surface area contributed by atoms with Crippen LogP contribution in [0.25, 0.3) is 0 Å². The Kier molecular flexibility index (Phi) is 3.89. The molecule has 0 aliphatic carbocycles. The Morgan fingerprint density at radius 3 is 2.59 bits per heavy atom. The molecule has 0 aromatic heterocycles. The number of hydrogen-bond donors (Lipinski definition) is 0. The number of rotatable bonds is 3. The minimum absolute atomic E-state index is 0.206. The van der Waals surface area contributed by atoms with Crippen molar-refractivity contribution in [2.75, 3.05) is 38.1 Å². The van der Waals surface area contributed by atoms with Crippen molar-refractivity contribution in [3.63, 3.8) is 0 Å². The van der Waals surface area contributed by atoms with Gasteiger partial charge in [-0.25, -0.2) is 0 Å². The maximum atomic E-state index is 5.84. The van der Waals surface area contributed by atoms with E-state index in [9.17, 15) is 0 Å². The molecule has 3 heteroatoms. The molecule has 2 rings (SSSR count). The second-order valence-electron chi connectivity index (χ2n) is 4.85. The lowest BCUT2D eigenvalue weighted by atomic mass is 10.2. The van der Waals surface area contributed by atoms with Gasteiger partial charge in [-0.15, -0.1) is 0 Å². The number of ether oxygens (including phenoxy) is 1. The Labute approximate surface area is 104 Å². The minimum atomic E-state index is 0.206. The predicted molar refractivity (Wildman–Crippen MR) is 70.8 cm³/mol. The number of likely N-dealkylation sites (N-methyl/N-ethyl adjacent to an activating group) is 1. The number of hydrogen-bond acceptors (Lipinski definition) is 3. The van der Waals surface area contributed by atoms with Crippen molar-refractivity contribution in [3.8, 4) is 5.75 Å². The summed E-state index contributed by atoms with van der Waals surface area (Å²) in [4.78, 5) is 4.75. The summed E-state index contributed by atoms with van der Waals surface area (Å²) in [5.74, 6) is 0.951. The van der Waals surface area contributed by atoms with Crippen LogP contribution in [-0.2, 0) is 0 Å². The zero-order valence-corrected chi connectivity index (χ0v) is 10.9. The average Bonchev–Trinajstić information content (AvgIpc) is 2.30. The fourth-order valence-electron chi connectivity index (χ4n) is 2.06. The largest absolute Gasteiger partial charge is 0.489 e. The van der Waals surface area contributed by atoms with Crippen LogP contribution in [0.4, 0.5) is 5.69 Å². The molecule has 1 aliphatic heterocycles. The van der Waals surface area contributed by atoms with Gasteiger partial charge in [0.15, 0.2) is 0 Å². The summed E-state index contributed by atoms with van der Waals surface area (Å²) < 4.78 is 5.84. The molecular formula is C14H21N2O. The number of nitrogens with zero attached hydrogens (tertiary/aromatic N) is 2. The lowest BCUT2D eigenvalue weighted by molar-refractivity contribution is 0.241. The van der Waals surface area contributed by atoms with Gasteiger partial charge in [0, 0.05) is 26.2 Å². The Morgan fingerprint density at radius 2 is 1.94 bits per heavy atom. The summed E-state index contributed by atoms with van der Waals surface area (Å²) in [7, 11) is 2.17. The van der Waals surface area contributed by atoms with Crippen molar-refractivity contribution < 1.29 is 4.74 Å². The van der Waals surface area contributed by atoms with Crippen LogP contribution in [0, 0.1) is 6.07 Å². The van der Waals surface area contributed by atoms with Crippen LogP contribution in [0.2, 0.25) is 0 Å². The molecule has 1 fully saturated rings. The van der Waals surface area contributed by atoms with Gasteiger partial charge < -0.3 is 14.5 Å². The monoisotopic (exact) mass is 233 g/mol. The van der Waals surface area contributed by atoms with Crippen molar-refractivity contribution in [1.82, 2.24) is 4.90 Å². The molecule has 1 heterocycles. The first kappa shape index (κ1) is 12.2. The predicted octanol–water partition coefficient (Wildman–Crippen LogP) is 2.03. The number of piperazine rings is 1. The van der Waals surface area contributed by atoms with Crippen LogP contribution in [0.15, 0.2) is 18.2 Å². The van der Waals surface area contributed by atoms with Gasteiger partial charge in [-0.1, -0.05) is 6.07 Å². The first-order valence-corrected chi connectivity index (χ1v) is 6.27. The Morgan fingerprint density at radius 1 is 1.24 bits per heavy atom. The molecule has 0 unspecified atom stereocenters. The number of benzene rings is 1. The lowest BCUT2D eigenvalue weighted by Crippen LogP contribution is -2.44. The van der Waals surface area contributed by atoms with Gasteiger partial charge in [-0.05, 0) is 39.1 Å². The normalized spacial score (nSPS) is 17.5. The van der Waals surface area contributed by atoms with Gasteiger partial charge in [-0.2, -0.15) is 0 Å². The van der Waals surface area contributed by atoms with Crippen molar-refractivity contribution in [2.24, 2.45) is 0 Å². The molecular weight excluding hydrogens is 212 g/mol. The van der Waals surface area contributed by atoms with Crippen LogP contribution in [0.5, 0.6) is 5.75 Å². The molecule has 1 aromatic carbocycles. The zero-order valence-electron chi connectivity index (χ0n) is 10.9. The molecule has 1 aliphatic rings. The first-order valence-electron chi connectivity index (χ1n) is 6.27. The summed E-state index contributed by atoms with van der Waals surface area (Å²) in [6, 6.07) is 9.09. The van der Waals surface area contributed by atoms with E-state index in [0.29, 0.717) is 0 Å². The zero-order chi connectivity index (χ0) is 12.3. The van der Waals surface area contributed by atoms with Crippen LogP contribution in [-0.4, -0.2) is 44.2 Å². The highest BCUT2D eigenvalue weighted by atomic mass is 16.5. The molecule has 0 N–H and O–H groups in total. The summed E-state index contributed by atoms with van der Waals surface area (Å²) in [5.41, 5.74) is 1.20. The van der Waals surface area contributed by atoms with Crippen LogP contribution in [0.1, 0.15) is 13.8 Å². The molecule has 1 radical (unpaired) electrons. The third-order valence-corrected chi connectivity index (χ3v) is 3.01. The summed E-state index contributed by atoms with van der Waals surface area (Å²) in [6.07, 6.45) is 0.206. The quantitative estimate of drug-likeness (QED) is 0.794.